The summed E-state index contributed by atoms with van der Waals surface area (Å²) in [5.74, 6) is -0.359. The van der Waals surface area contributed by atoms with Gasteiger partial charge in [-0.05, 0) is 31.9 Å². The number of hydrogen-bond donors (Lipinski definition) is 1. The summed E-state index contributed by atoms with van der Waals surface area (Å²) in [5, 5.41) is 9.12. The van der Waals surface area contributed by atoms with Gasteiger partial charge in [-0.25, -0.2) is 0 Å². The van der Waals surface area contributed by atoms with E-state index in [-0.39, 0.29) is 5.91 Å². The zero-order valence-corrected chi connectivity index (χ0v) is 11.3. The molecular formula is C14H19NO4. The van der Waals surface area contributed by atoms with E-state index < -0.39 is 17.8 Å². The number of nitrogens with zero attached hydrogens (tertiary/aromatic N) is 1. The first-order chi connectivity index (χ1) is 8.99. The third-order valence-corrected chi connectivity index (χ3v) is 3.72. The molecule has 0 aliphatic heterocycles. The lowest BCUT2D eigenvalue weighted by Gasteiger charge is -2.22. The van der Waals surface area contributed by atoms with Crippen LogP contribution in [0.1, 0.15) is 30.8 Å². The highest BCUT2D eigenvalue weighted by molar-refractivity contribution is 5.85. The predicted octanol–water partition coefficient (Wildman–Crippen LogP) is 2.05. The largest absolute Gasteiger partial charge is 0.481 e. The number of aliphatic carboxylic acids is 1. The van der Waals surface area contributed by atoms with Crippen LogP contribution in [0.3, 0.4) is 0 Å². The number of carboxylic acid groups (broad SMARTS) is 1. The lowest BCUT2D eigenvalue weighted by Crippen LogP contribution is -2.36. The van der Waals surface area contributed by atoms with Crippen LogP contribution >= 0.6 is 0 Å². The van der Waals surface area contributed by atoms with Gasteiger partial charge < -0.3 is 14.4 Å². The molecule has 0 radical (unpaired) electrons. The Labute approximate surface area is 112 Å². The van der Waals surface area contributed by atoms with Gasteiger partial charge in [0.2, 0.25) is 5.91 Å². The first-order valence-electron chi connectivity index (χ1n) is 6.52. The highest BCUT2D eigenvalue weighted by atomic mass is 16.4. The second-order valence-corrected chi connectivity index (χ2v) is 5.19. The topological polar surface area (TPSA) is 70.8 Å². The van der Waals surface area contributed by atoms with Gasteiger partial charge in [0.15, 0.2) is 0 Å². The quantitative estimate of drug-likeness (QED) is 0.904. The van der Waals surface area contributed by atoms with Crippen molar-refractivity contribution in [2.45, 2.75) is 32.7 Å². The summed E-state index contributed by atoms with van der Waals surface area (Å²) in [6.45, 7) is 2.23. The second kappa shape index (κ2) is 5.47. The molecule has 0 spiro atoms. The van der Waals surface area contributed by atoms with Gasteiger partial charge in [0.05, 0.1) is 18.4 Å². The van der Waals surface area contributed by atoms with Gasteiger partial charge in [-0.15, -0.1) is 0 Å². The Balaban J connectivity index is 2.00. The van der Waals surface area contributed by atoms with Gasteiger partial charge in [-0.1, -0.05) is 6.42 Å². The monoisotopic (exact) mass is 265 g/mol. The van der Waals surface area contributed by atoms with Crippen molar-refractivity contribution in [2.24, 2.45) is 11.8 Å². The normalized spacial score (nSPS) is 22.4. The van der Waals surface area contributed by atoms with Crippen LogP contribution in [0.15, 0.2) is 16.5 Å². The molecule has 1 aliphatic carbocycles. The van der Waals surface area contributed by atoms with Crippen LogP contribution in [0.4, 0.5) is 0 Å². The van der Waals surface area contributed by atoms with Crippen molar-refractivity contribution in [1.82, 2.24) is 4.90 Å². The molecule has 1 N–H and O–H groups in total. The van der Waals surface area contributed by atoms with Crippen molar-refractivity contribution in [2.75, 3.05) is 7.05 Å². The maximum atomic E-state index is 12.3. The Morgan fingerprint density at radius 3 is 2.63 bits per heavy atom. The van der Waals surface area contributed by atoms with Crippen LogP contribution in [-0.2, 0) is 16.1 Å². The molecule has 19 heavy (non-hydrogen) atoms. The zero-order valence-electron chi connectivity index (χ0n) is 11.3. The molecule has 1 aromatic heterocycles. The number of carbonyl (C=O) groups excluding carboxylic acids is 1. The Kier molecular flexibility index (Phi) is 3.93. The molecule has 1 amide bonds. The Morgan fingerprint density at radius 1 is 1.37 bits per heavy atom. The molecular weight excluding hydrogens is 246 g/mol. The number of carbonyl (C=O) groups is 2. The minimum Gasteiger partial charge on any atom is -0.481 e. The van der Waals surface area contributed by atoms with Crippen LogP contribution < -0.4 is 0 Å². The third kappa shape index (κ3) is 2.97. The standard InChI is InChI=1S/C14H19NO4/c1-9-6-7-10(19-9)8-15(2)13(16)11-4-3-5-12(11)14(17)18/h6-7,11-12H,3-5,8H2,1-2H3,(H,17,18)/t11-,12+/m1/s1. The average molecular weight is 265 g/mol. The summed E-state index contributed by atoms with van der Waals surface area (Å²) in [6, 6.07) is 3.69. The fourth-order valence-electron chi connectivity index (χ4n) is 2.72. The van der Waals surface area contributed by atoms with Gasteiger partial charge in [0.1, 0.15) is 11.5 Å². The molecule has 0 saturated heterocycles. The van der Waals surface area contributed by atoms with Gasteiger partial charge in [0.25, 0.3) is 0 Å². The number of aryl methyl sites for hydroxylation is 1. The van der Waals surface area contributed by atoms with Crippen molar-refractivity contribution >= 4 is 11.9 Å². The number of rotatable bonds is 4. The van der Waals surface area contributed by atoms with Crippen LogP contribution in [0.5, 0.6) is 0 Å². The van der Waals surface area contributed by atoms with Gasteiger partial charge >= 0.3 is 5.97 Å². The van der Waals surface area contributed by atoms with Gasteiger partial charge in [0, 0.05) is 7.05 Å². The number of carboxylic acids is 1. The van der Waals surface area contributed by atoms with Crippen molar-refractivity contribution in [3.63, 3.8) is 0 Å². The van der Waals surface area contributed by atoms with E-state index in [1.807, 2.05) is 19.1 Å². The van der Waals surface area contributed by atoms with Crippen molar-refractivity contribution in [3.8, 4) is 0 Å². The lowest BCUT2D eigenvalue weighted by atomic mass is 9.95. The fourth-order valence-corrected chi connectivity index (χ4v) is 2.72. The highest BCUT2D eigenvalue weighted by Crippen LogP contribution is 2.33. The molecule has 2 rings (SSSR count). The molecule has 5 nitrogen and oxygen atoms in total. The van der Waals surface area contributed by atoms with Crippen LogP contribution in [0.2, 0.25) is 0 Å². The highest BCUT2D eigenvalue weighted by Gasteiger charge is 2.39. The molecule has 1 aromatic rings. The molecule has 1 aliphatic rings. The van der Waals surface area contributed by atoms with Crippen LogP contribution in [-0.4, -0.2) is 28.9 Å². The minimum atomic E-state index is -0.863. The summed E-state index contributed by atoms with van der Waals surface area (Å²) in [7, 11) is 1.69. The SMILES string of the molecule is Cc1ccc(CN(C)C(=O)[C@@H]2CCC[C@@H]2C(=O)O)o1. The van der Waals surface area contributed by atoms with Crippen molar-refractivity contribution in [3.05, 3.63) is 23.7 Å². The van der Waals surface area contributed by atoms with Gasteiger partial charge in [-0.3, -0.25) is 9.59 Å². The van der Waals surface area contributed by atoms with E-state index >= 15 is 0 Å². The lowest BCUT2D eigenvalue weighted by molar-refractivity contribution is -0.148. The zero-order chi connectivity index (χ0) is 14.0. The molecule has 5 heteroatoms. The second-order valence-electron chi connectivity index (χ2n) is 5.19. The molecule has 1 saturated carbocycles. The number of furan rings is 1. The van der Waals surface area contributed by atoms with E-state index in [9.17, 15) is 9.59 Å². The summed E-state index contributed by atoms with van der Waals surface area (Å²) in [6.07, 6.45) is 2.07. The molecule has 2 atom stereocenters. The summed E-state index contributed by atoms with van der Waals surface area (Å²) >= 11 is 0. The summed E-state index contributed by atoms with van der Waals surface area (Å²) < 4.78 is 5.43. The van der Waals surface area contributed by atoms with E-state index in [1.165, 1.54) is 0 Å². The number of amides is 1. The smallest absolute Gasteiger partial charge is 0.307 e. The van der Waals surface area contributed by atoms with Crippen molar-refractivity contribution in [1.29, 1.82) is 0 Å². The fraction of sp³-hybridized carbons (Fsp3) is 0.571. The molecule has 1 fully saturated rings. The summed E-state index contributed by atoms with van der Waals surface area (Å²) in [4.78, 5) is 25.0. The van der Waals surface area contributed by atoms with Crippen LogP contribution in [0.25, 0.3) is 0 Å². The van der Waals surface area contributed by atoms with E-state index in [1.54, 1.807) is 11.9 Å². The Bertz CT molecular complexity index is 480. The van der Waals surface area contributed by atoms with E-state index in [4.69, 9.17) is 9.52 Å². The van der Waals surface area contributed by atoms with E-state index in [0.717, 1.165) is 17.9 Å². The average Bonchev–Trinajstić information content (AvgIpc) is 2.97. The Hall–Kier alpha value is -1.78. The predicted molar refractivity (Wildman–Crippen MR) is 68.4 cm³/mol. The van der Waals surface area contributed by atoms with Gasteiger partial charge in [-0.2, -0.15) is 0 Å². The maximum absolute atomic E-state index is 12.3. The maximum Gasteiger partial charge on any atom is 0.307 e. The first-order valence-corrected chi connectivity index (χ1v) is 6.52. The third-order valence-electron chi connectivity index (χ3n) is 3.72. The van der Waals surface area contributed by atoms with Crippen molar-refractivity contribution < 1.29 is 19.1 Å². The molecule has 0 aromatic carbocycles. The van der Waals surface area contributed by atoms with Crippen LogP contribution in [0, 0.1) is 18.8 Å². The van der Waals surface area contributed by atoms with E-state index in [0.29, 0.717) is 19.4 Å². The summed E-state index contributed by atoms with van der Waals surface area (Å²) in [5.41, 5.74) is 0. The molecule has 104 valence electrons. The number of hydrogen-bond acceptors (Lipinski definition) is 3. The molecule has 0 bridgehead atoms. The first kappa shape index (κ1) is 13.6. The minimum absolute atomic E-state index is 0.0982. The Morgan fingerprint density at radius 2 is 2.05 bits per heavy atom. The molecule has 0 unspecified atom stereocenters. The van der Waals surface area contributed by atoms with E-state index in [2.05, 4.69) is 0 Å². The molecule has 1 heterocycles.